The van der Waals surface area contributed by atoms with E-state index in [4.69, 9.17) is 22.1 Å². The summed E-state index contributed by atoms with van der Waals surface area (Å²) in [5.74, 6) is -0.479. The van der Waals surface area contributed by atoms with E-state index in [1.54, 1.807) is 12.1 Å². The van der Waals surface area contributed by atoms with Crippen LogP contribution in [0.25, 0.3) is 0 Å². The van der Waals surface area contributed by atoms with Crippen LogP contribution in [0.5, 0.6) is 0 Å². The van der Waals surface area contributed by atoms with Crippen LogP contribution in [0.1, 0.15) is 15.2 Å². The summed E-state index contributed by atoms with van der Waals surface area (Å²) in [4.78, 5) is 12.8. The summed E-state index contributed by atoms with van der Waals surface area (Å²) >= 11 is 10.8. The SMILES string of the molecule is Nc1ccc(Cl)c(C(=O)OCc2sccc2Br)c1. The van der Waals surface area contributed by atoms with Gasteiger partial charge in [-0.3, -0.25) is 0 Å². The maximum Gasteiger partial charge on any atom is 0.340 e. The molecular formula is C12H9BrClNO2S. The van der Waals surface area contributed by atoms with Crippen molar-refractivity contribution in [3.8, 4) is 0 Å². The standard InChI is InChI=1S/C12H9BrClNO2S/c13-9-3-4-18-11(9)6-17-12(16)8-5-7(15)1-2-10(8)14/h1-5H,6,15H2. The van der Waals surface area contributed by atoms with E-state index in [2.05, 4.69) is 15.9 Å². The molecule has 0 bridgehead atoms. The van der Waals surface area contributed by atoms with Crippen molar-refractivity contribution in [2.45, 2.75) is 6.61 Å². The van der Waals surface area contributed by atoms with Crippen LogP contribution in [0.2, 0.25) is 5.02 Å². The highest BCUT2D eigenvalue weighted by molar-refractivity contribution is 9.10. The summed E-state index contributed by atoms with van der Waals surface area (Å²) in [5.41, 5.74) is 6.37. The lowest BCUT2D eigenvalue weighted by atomic mass is 10.2. The fourth-order valence-electron chi connectivity index (χ4n) is 1.34. The Morgan fingerprint density at radius 3 is 2.89 bits per heavy atom. The lowest BCUT2D eigenvalue weighted by molar-refractivity contribution is 0.0476. The predicted molar refractivity (Wildman–Crippen MR) is 77.0 cm³/mol. The van der Waals surface area contributed by atoms with Gasteiger partial charge < -0.3 is 10.5 Å². The van der Waals surface area contributed by atoms with Crippen LogP contribution in [0, 0.1) is 0 Å². The number of rotatable bonds is 3. The van der Waals surface area contributed by atoms with Crippen LogP contribution >= 0.6 is 38.9 Å². The van der Waals surface area contributed by atoms with Crippen molar-refractivity contribution >= 4 is 50.5 Å². The molecule has 2 N–H and O–H groups in total. The second kappa shape index (κ2) is 5.73. The first-order valence-electron chi connectivity index (χ1n) is 5.02. The number of thiophene rings is 1. The highest BCUT2D eigenvalue weighted by Crippen LogP contribution is 2.25. The van der Waals surface area contributed by atoms with Crippen molar-refractivity contribution in [3.05, 3.63) is 49.6 Å². The zero-order valence-corrected chi connectivity index (χ0v) is 12.3. The molecule has 0 spiro atoms. The van der Waals surface area contributed by atoms with Crippen molar-refractivity contribution < 1.29 is 9.53 Å². The molecule has 0 radical (unpaired) electrons. The Kier molecular flexibility index (Phi) is 4.27. The number of carbonyl (C=O) groups is 1. The molecule has 1 aromatic heterocycles. The Bertz CT molecular complexity index is 585. The zero-order chi connectivity index (χ0) is 13.1. The first-order valence-corrected chi connectivity index (χ1v) is 7.07. The van der Waals surface area contributed by atoms with Crippen LogP contribution in [-0.4, -0.2) is 5.97 Å². The molecule has 0 saturated carbocycles. The molecule has 0 amide bonds. The molecule has 0 aliphatic carbocycles. The fourth-order valence-corrected chi connectivity index (χ4v) is 2.91. The minimum Gasteiger partial charge on any atom is -0.456 e. The lowest BCUT2D eigenvalue weighted by Crippen LogP contribution is -2.06. The van der Waals surface area contributed by atoms with Crippen LogP contribution in [-0.2, 0) is 11.3 Å². The molecule has 18 heavy (non-hydrogen) atoms. The van der Waals surface area contributed by atoms with E-state index in [9.17, 15) is 4.79 Å². The third-order valence-corrected chi connectivity index (χ3v) is 4.47. The molecule has 2 rings (SSSR count). The van der Waals surface area contributed by atoms with Crippen LogP contribution in [0.15, 0.2) is 34.1 Å². The summed E-state index contributed by atoms with van der Waals surface area (Å²) in [6.45, 7) is 0.211. The third-order valence-electron chi connectivity index (χ3n) is 2.24. The number of carbonyl (C=O) groups excluding carboxylic acids is 1. The summed E-state index contributed by atoms with van der Waals surface area (Å²) in [7, 11) is 0. The molecule has 0 saturated heterocycles. The first kappa shape index (κ1) is 13.4. The minimum atomic E-state index is -0.479. The number of nitrogen functional groups attached to an aromatic ring is 1. The number of hydrogen-bond donors (Lipinski definition) is 1. The molecule has 94 valence electrons. The number of ether oxygens (including phenoxy) is 1. The second-order valence-electron chi connectivity index (χ2n) is 3.51. The quantitative estimate of drug-likeness (QED) is 0.672. The van der Waals surface area contributed by atoms with E-state index >= 15 is 0 Å². The predicted octanol–water partition coefficient (Wildman–Crippen LogP) is 4.10. The number of anilines is 1. The normalized spacial score (nSPS) is 10.3. The molecule has 0 aliphatic rings. The Morgan fingerprint density at radius 1 is 1.44 bits per heavy atom. The van der Waals surface area contributed by atoms with Crippen molar-refractivity contribution in [2.75, 3.05) is 5.73 Å². The largest absolute Gasteiger partial charge is 0.456 e. The van der Waals surface area contributed by atoms with Gasteiger partial charge in [-0.2, -0.15) is 0 Å². The van der Waals surface area contributed by atoms with Gasteiger partial charge in [0, 0.05) is 10.2 Å². The van der Waals surface area contributed by atoms with Gasteiger partial charge in [0.05, 0.1) is 15.5 Å². The molecule has 0 aliphatic heterocycles. The number of hydrogen-bond acceptors (Lipinski definition) is 4. The van der Waals surface area contributed by atoms with Crippen LogP contribution < -0.4 is 5.73 Å². The lowest BCUT2D eigenvalue weighted by Gasteiger charge is -2.06. The maximum atomic E-state index is 11.9. The summed E-state index contributed by atoms with van der Waals surface area (Å²) in [6.07, 6.45) is 0. The minimum absolute atomic E-state index is 0.211. The highest BCUT2D eigenvalue weighted by Gasteiger charge is 2.13. The van der Waals surface area contributed by atoms with Crippen molar-refractivity contribution in [1.29, 1.82) is 0 Å². The van der Waals surface area contributed by atoms with Gasteiger partial charge in [-0.05, 0) is 45.6 Å². The molecular weight excluding hydrogens is 338 g/mol. The van der Waals surface area contributed by atoms with Gasteiger partial charge in [0.2, 0.25) is 0 Å². The highest BCUT2D eigenvalue weighted by atomic mass is 79.9. The number of benzene rings is 1. The average Bonchev–Trinajstić information content (AvgIpc) is 2.75. The molecule has 0 atom stereocenters. The van der Waals surface area contributed by atoms with Crippen LogP contribution in [0.3, 0.4) is 0 Å². The van der Waals surface area contributed by atoms with Gasteiger partial charge in [-0.25, -0.2) is 4.79 Å². The van der Waals surface area contributed by atoms with Gasteiger partial charge in [0.1, 0.15) is 6.61 Å². The molecule has 0 unspecified atom stereocenters. The van der Waals surface area contributed by atoms with Gasteiger partial charge in [0.15, 0.2) is 0 Å². The van der Waals surface area contributed by atoms with E-state index in [1.807, 2.05) is 11.4 Å². The number of esters is 1. The fraction of sp³-hybridized carbons (Fsp3) is 0.0833. The third kappa shape index (κ3) is 3.04. The average molecular weight is 347 g/mol. The second-order valence-corrected chi connectivity index (χ2v) is 5.77. The number of halogens is 2. The summed E-state index contributed by atoms with van der Waals surface area (Å²) < 4.78 is 6.12. The smallest absolute Gasteiger partial charge is 0.340 e. The van der Waals surface area contributed by atoms with Crippen molar-refractivity contribution in [1.82, 2.24) is 0 Å². The Balaban J connectivity index is 2.08. The van der Waals surface area contributed by atoms with Gasteiger partial charge in [-0.1, -0.05) is 11.6 Å². The van der Waals surface area contributed by atoms with E-state index in [0.717, 1.165) is 9.35 Å². The zero-order valence-electron chi connectivity index (χ0n) is 9.15. The maximum absolute atomic E-state index is 11.9. The van der Waals surface area contributed by atoms with Gasteiger partial charge in [0.25, 0.3) is 0 Å². The molecule has 1 heterocycles. The molecule has 1 aromatic carbocycles. The summed E-state index contributed by atoms with van der Waals surface area (Å²) in [5, 5.41) is 2.25. The van der Waals surface area contributed by atoms with E-state index in [1.165, 1.54) is 17.4 Å². The monoisotopic (exact) mass is 345 g/mol. The van der Waals surface area contributed by atoms with Crippen molar-refractivity contribution in [2.24, 2.45) is 0 Å². The van der Waals surface area contributed by atoms with Crippen molar-refractivity contribution in [3.63, 3.8) is 0 Å². The van der Waals surface area contributed by atoms with E-state index in [0.29, 0.717) is 10.7 Å². The van der Waals surface area contributed by atoms with E-state index < -0.39 is 5.97 Å². The molecule has 0 fully saturated rings. The number of nitrogens with two attached hydrogens (primary N) is 1. The topological polar surface area (TPSA) is 52.3 Å². The van der Waals surface area contributed by atoms with Gasteiger partial charge in [-0.15, -0.1) is 11.3 Å². The molecule has 3 nitrogen and oxygen atoms in total. The first-order chi connectivity index (χ1) is 8.58. The molecule has 2 aromatic rings. The van der Waals surface area contributed by atoms with Gasteiger partial charge >= 0.3 is 5.97 Å². The Morgan fingerprint density at radius 2 is 2.22 bits per heavy atom. The summed E-state index contributed by atoms with van der Waals surface area (Å²) in [6, 6.07) is 6.62. The van der Waals surface area contributed by atoms with E-state index in [-0.39, 0.29) is 12.2 Å². The Labute approximate surface area is 122 Å². The Hall–Kier alpha value is -1.04. The van der Waals surface area contributed by atoms with Crippen LogP contribution in [0.4, 0.5) is 5.69 Å². The molecule has 6 heteroatoms.